The molecule has 1 saturated heterocycles. The summed E-state index contributed by atoms with van der Waals surface area (Å²) in [6.45, 7) is 1.57. The van der Waals surface area contributed by atoms with Gasteiger partial charge in [0, 0.05) is 25.4 Å². The van der Waals surface area contributed by atoms with Crippen LogP contribution in [0.1, 0.15) is 11.6 Å². The largest absolute Gasteiger partial charge is 0.454 e. The molecule has 2 aromatic rings. The minimum Gasteiger partial charge on any atom is -0.454 e. The lowest BCUT2D eigenvalue weighted by Gasteiger charge is -2.38. The Kier molecular flexibility index (Phi) is 3.03. The standard InChI is InChI=1S/C15H14N4O3/c20-15(18-8-12(9-18)19-6-5-16-17-19)4-2-11-1-3-13-14(7-11)22-10-21-13/h1-7,12H,8-10H2/b4-2+. The first kappa shape index (κ1) is 12.9. The quantitative estimate of drug-likeness (QED) is 0.794. The number of carbonyl (C=O) groups is 1. The Morgan fingerprint density at radius 1 is 1.27 bits per heavy atom. The highest BCUT2D eigenvalue weighted by molar-refractivity contribution is 5.92. The smallest absolute Gasteiger partial charge is 0.246 e. The van der Waals surface area contributed by atoms with Gasteiger partial charge >= 0.3 is 0 Å². The SMILES string of the molecule is O=C(/C=C/c1ccc2c(c1)OCO2)N1CC(n2ccnn2)C1. The van der Waals surface area contributed by atoms with E-state index in [0.717, 1.165) is 11.3 Å². The van der Waals surface area contributed by atoms with Crippen molar-refractivity contribution >= 4 is 12.0 Å². The Morgan fingerprint density at radius 3 is 2.95 bits per heavy atom. The molecule has 1 fully saturated rings. The molecule has 4 rings (SSSR count). The van der Waals surface area contributed by atoms with E-state index < -0.39 is 0 Å². The summed E-state index contributed by atoms with van der Waals surface area (Å²) in [4.78, 5) is 13.9. The van der Waals surface area contributed by atoms with Crippen molar-refractivity contribution in [1.82, 2.24) is 19.9 Å². The fraction of sp³-hybridized carbons (Fsp3) is 0.267. The van der Waals surface area contributed by atoms with Crippen LogP contribution in [0.2, 0.25) is 0 Å². The molecule has 0 radical (unpaired) electrons. The maximum Gasteiger partial charge on any atom is 0.246 e. The number of amides is 1. The summed E-state index contributed by atoms with van der Waals surface area (Å²) >= 11 is 0. The van der Waals surface area contributed by atoms with Gasteiger partial charge in [-0.15, -0.1) is 5.10 Å². The van der Waals surface area contributed by atoms with Crippen LogP contribution in [0, 0.1) is 0 Å². The second kappa shape index (κ2) is 5.18. The molecule has 7 heteroatoms. The molecule has 1 aromatic carbocycles. The second-order valence-corrected chi connectivity index (χ2v) is 5.23. The molecule has 0 saturated carbocycles. The van der Waals surface area contributed by atoms with Crippen LogP contribution in [0.4, 0.5) is 0 Å². The third kappa shape index (κ3) is 2.30. The molecule has 1 amide bonds. The highest BCUT2D eigenvalue weighted by atomic mass is 16.7. The molecule has 7 nitrogen and oxygen atoms in total. The molecule has 0 N–H and O–H groups in total. The molecule has 2 aliphatic heterocycles. The summed E-state index contributed by atoms with van der Waals surface area (Å²) in [6.07, 6.45) is 6.82. The van der Waals surface area contributed by atoms with E-state index in [2.05, 4.69) is 10.3 Å². The Labute approximate surface area is 126 Å². The summed E-state index contributed by atoms with van der Waals surface area (Å²) in [5.74, 6) is 1.45. The Hall–Kier alpha value is -2.83. The topological polar surface area (TPSA) is 69.5 Å². The van der Waals surface area contributed by atoms with Crippen LogP contribution in [-0.2, 0) is 4.79 Å². The number of likely N-dealkylation sites (tertiary alicyclic amines) is 1. The lowest BCUT2D eigenvalue weighted by molar-refractivity contribution is -0.131. The van der Waals surface area contributed by atoms with Gasteiger partial charge in [0.1, 0.15) is 0 Å². The average molecular weight is 298 g/mol. The van der Waals surface area contributed by atoms with Crippen molar-refractivity contribution in [2.45, 2.75) is 6.04 Å². The van der Waals surface area contributed by atoms with E-state index in [1.54, 1.807) is 27.9 Å². The van der Waals surface area contributed by atoms with Gasteiger partial charge in [0.25, 0.3) is 0 Å². The van der Waals surface area contributed by atoms with Crippen LogP contribution in [0.3, 0.4) is 0 Å². The Bertz CT molecular complexity index is 720. The first-order chi connectivity index (χ1) is 10.8. The molecule has 0 spiro atoms. The molecule has 22 heavy (non-hydrogen) atoms. The van der Waals surface area contributed by atoms with Gasteiger partial charge in [-0.1, -0.05) is 11.3 Å². The summed E-state index contributed by atoms with van der Waals surface area (Å²) < 4.78 is 12.4. The van der Waals surface area contributed by atoms with E-state index in [1.807, 2.05) is 24.4 Å². The van der Waals surface area contributed by atoms with E-state index in [0.29, 0.717) is 18.8 Å². The van der Waals surface area contributed by atoms with Crippen LogP contribution in [0.15, 0.2) is 36.7 Å². The summed E-state index contributed by atoms with van der Waals surface area (Å²) in [5, 5.41) is 7.72. The lowest BCUT2D eigenvalue weighted by atomic mass is 10.1. The molecule has 0 atom stereocenters. The van der Waals surface area contributed by atoms with E-state index in [-0.39, 0.29) is 18.7 Å². The minimum atomic E-state index is -0.00553. The van der Waals surface area contributed by atoms with Gasteiger partial charge in [-0.05, 0) is 23.8 Å². The van der Waals surface area contributed by atoms with Crippen molar-refractivity contribution in [2.24, 2.45) is 0 Å². The number of aromatic nitrogens is 3. The van der Waals surface area contributed by atoms with Crippen LogP contribution < -0.4 is 9.47 Å². The van der Waals surface area contributed by atoms with Crippen LogP contribution in [0.5, 0.6) is 11.5 Å². The summed E-state index contributed by atoms with van der Waals surface area (Å²) in [7, 11) is 0. The molecule has 2 aliphatic rings. The number of hydrogen-bond acceptors (Lipinski definition) is 5. The number of fused-ring (bicyclic) bond motifs is 1. The van der Waals surface area contributed by atoms with E-state index >= 15 is 0 Å². The lowest BCUT2D eigenvalue weighted by Crippen LogP contribution is -2.50. The molecule has 0 unspecified atom stereocenters. The highest BCUT2D eigenvalue weighted by Crippen LogP contribution is 2.32. The summed E-state index contributed by atoms with van der Waals surface area (Å²) in [5.41, 5.74) is 0.908. The molecule has 3 heterocycles. The van der Waals surface area contributed by atoms with Gasteiger partial charge in [0.15, 0.2) is 11.5 Å². The molecular weight excluding hydrogens is 284 g/mol. The van der Waals surface area contributed by atoms with E-state index in [1.165, 1.54) is 0 Å². The zero-order valence-corrected chi connectivity index (χ0v) is 11.8. The van der Waals surface area contributed by atoms with Gasteiger partial charge in [-0.3, -0.25) is 4.79 Å². The van der Waals surface area contributed by atoms with Crippen molar-refractivity contribution in [2.75, 3.05) is 19.9 Å². The first-order valence-corrected chi connectivity index (χ1v) is 7.02. The zero-order chi connectivity index (χ0) is 14.9. The number of carbonyl (C=O) groups excluding carboxylic acids is 1. The molecule has 0 bridgehead atoms. The normalized spacial score (nSPS) is 17.0. The van der Waals surface area contributed by atoms with Crippen LogP contribution in [0.25, 0.3) is 6.08 Å². The van der Waals surface area contributed by atoms with E-state index in [9.17, 15) is 4.79 Å². The average Bonchev–Trinajstić information content (AvgIpc) is 3.14. The molecular formula is C15H14N4O3. The predicted octanol–water partition coefficient (Wildman–Crippen LogP) is 1.10. The fourth-order valence-electron chi connectivity index (χ4n) is 2.50. The number of nitrogens with zero attached hydrogens (tertiary/aromatic N) is 4. The van der Waals surface area contributed by atoms with E-state index in [4.69, 9.17) is 9.47 Å². The second-order valence-electron chi connectivity index (χ2n) is 5.23. The van der Waals surface area contributed by atoms with Gasteiger partial charge in [0.2, 0.25) is 12.7 Å². The third-order valence-corrected chi connectivity index (χ3v) is 3.80. The Morgan fingerprint density at radius 2 is 2.14 bits per heavy atom. The summed E-state index contributed by atoms with van der Waals surface area (Å²) in [6, 6.07) is 5.83. The van der Waals surface area contributed by atoms with Crippen molar-refractivity contribution in [3.05, 3.63) is 42.2 Å². The van der Waals surface area contributed by atoms with Crippen molar-refractivity contribution < 1.29 is 14.3 Å². The highest BCUT2D eigenvalue weighted by Gasteiger charge is 2.31. The maximum atomic E-state index is 12.1. The molecule has 0 aliphatic carbocycles. The number of ether oxygens (including phenoxy) is 2. The number of hydrogen-bond donors (Lipinski definition) is 0. The first-order valence-electron chi connectivity index (χ1n) is 7.02. The van der Waals surface area contributed by atoms with Gasteiger partial charge < -0.3 is 14.4 Å². The Balaban J connectivity index is 1.36. The van der Waals surface area contributed by atoms with Crippen LogP contribution in [-0.4, -0.2) is 45.7 Å². The van der Waals surface area contributed by atoms with Gasteiger partial charge in [0.05, 0.1) is 12.2 Å². The molecule has 112 valence electrons. The predicted molar refractivity (Wildman–Crippen MR) is 77.2 cm³/mol. The van der Waals surface area contributed by atoms with Crippen molar-refractivity contribution in [1.29, 1.82) is 0 Å². The molecule has 1 aromatic heterocycles. The maximum absolute atomic E-state index is 12.1. The third-order valence-electron chi connectivity index (χ3n) is 3.80. The zero-order valence-electron chi connectivity index (χ0n) is 11.8. The minimum absolute atomic E-state index is 0.00553. The van der Waals surface area contributed by atoms with Gasteiger partial charge in [-0.2, -0.15) is 0 Å². The number of rotatable bonds is 3. The van der Waals surface area contributed by atoms with Crippen molar-refractivity contribution in [3.63, 3.8) is 0 Å². The van der Waals surface area contributed by atoms with Crippen molar-refractivity contribution in [3.8, 4) is 11.5 Å². The fourth-order valence-corrected chi connectivity index (χ4v) is 2.50. The monoisotopic (exact) mass is 298 g/mol. The number of benzene rings is 1. The van der Waals surface area contributed by atoms with Gasteiger partial charge in [-0.25, -0.2) is 4.68 Å². The van der Waals surface area contributed by atoms with Crippen LogP contribution >= 0.6 is 0 Å².